The van der Waals surface area contributed by atoms with Crippen LogP contribution in [0.5, 0.6) is 0 Å². The third kappa shape index (κ3) is 0.508. The van der Waals surface area contributed by atoms with Gasteiger partial charge in [0.25, 0.3) is 5.92 Å². The number of rotatable bonds is 0. The number of hydrogen-bond acceptors (Lipinski definition) is 0. The average molecular weight is 109 g/mol. The van der Waals surface area contributed by atoms with Gasteiger partial charge in [-0.25, -0.2) is 13.2 Å². The van der Waals surface area contributed by atoms with Crippen molar-refractivity contribution in [2.75, 3.05) is 0 Å². The monoisotopic (exact) mass is 109 g/mol. The molecule has 0 N–H and O–H groups in total. The first-order valence-corrected chi connectivity index (χ1v) is 1.88. The molecule has 0 nitrogen and oxygen atoms in total. The van der Waals surface area contributed by atoms with Crippen LogP contribution in [0.4, 0.5) is 13.2 Å². The van der Waals surface area contributed by atoms with Gasteiger partial charge in [-0.15, -0.1) is 0 Å². The molecular formula is C4H4F3. The van der Waals surface area contributed by atoms with Gasteiger partial charge in [-0.3, -0.25) is 0 Å². The first-order valence-electron chi connectivity index (χ1n) is 1.88. The molecule has 0 spiro atoms. The topological polar surface area (TPSA) is 0 Å². The molecule has 1 aliphatic rings. The molecule has 1 saturated carbocycles. The summed E-state index contributed by atoms with van der Waals surface area (Å²) in [7, 11) is 0. The zero-order chi connectivity index (χ0) is 5.71. The number of hydrogen-bond donors (Lipinski definition) is 0. The van der Waals surface area contributed by atoms with Crippen LogP contribution < -0.4 is 0 Å². The van der Waals surface area contributed by atoms with E-state index < -0.39 is 18.0 Å². The lowest BCUT2D eigenvalue weighted by atomic mass is 10.4. The molecule has 0 bridgehead atoms. The van der Waals surface area contributed by atoms with Gasteiger partial charge in [0.2, 0.25) is 0 Å². The summed E-state index contributed by atoms with van der Waals surface area (Å²) in [6.07, 6.45) is -0.708. The first-order chi connectivity index (χ1) is 2.96. The van der Waals surface area contributed by atoms with Crippen molar-refractivity contribution < 1.29 is 13.2 Å². The molecule has 1 unspecified atom stereocenters. The molecule has 0 aromatic heterocycles. The third-order valence-corrected chi connectivity index (χ3v) is 1.03. The fraction of sp³-hybridized carbons (Fsp3) is 0.750. The maximum Gasteiger partial charge on any atom is 0.284 e. The summed E-state index contributed by atoms with van der Waals surface area (Å²) in [6, 6.07) is 0. The lowest BCUT2D eigenvalue weighted by Crippen LogP contribution is -2.05. The van der Waals surface area contributed by atoms with E-state index >= 15 is 0 Å². The maximum atomic E-state index is 11.7. The first kappa shape index (κ1) is 4.94. The van der Waals surface area contributed by atoms with Crippen LogP contribution in [0.3, 0.4) is 0 Å². The van der Waals surface area contributed by atoms with Gasteiger partial charge in [-0.1, -0.05) is 0 Å². The van der Waals surface area contributed by atoms with E-state index in [0.29, 0.717) is 0 Å². The Morgan fingerprint density at radius 1 is 1.29 bits per heavy atom. The van der Waals surface area contributed by atoms with Crippen LogP contribution in [0.25, 0.3) is 0 Å². The van der Waals surface area contributed by atoms with E-state index in [1.165, 1.54) is 0 Å². The molecule has 1 radical (unpaired) electrons. The van der Waals surface area contributed by atoms with Crippen molar-refractivity contribution in [2.45, 2.75) is 18.0 Å². The van der Waals surface area contributed by atoms with E-state index in [2.05, 4.69) is 6.92 Å². The molecule has 1 atom stereocenters. The lowest BCUT2D eigenvalue weighted by molar-refractivity contribution is 0.0615. The van der Waals surface area contributed by atoms with Crippen molar-refractivity contribution in [3.8, 4) is 0 Å². The Bertz CT molecular complexity index is 83.1. The van der Waals surface area contributed by atoms with Gasteiger partial charge in [0.05, 0.1) is 6.42 Å². The van der Waals surface area contributed by atoms with Gasteiger partial charge in [0.15, 0.2) is 5.67 Å². The largest absolute Gasteiger partial charge is 0.284 e. The second-order valence-corrected chi connectivity index (χ2v) is 1.85. The fourth-order valence-electron chi connectivity index (χ4n) is 0.308. The zero-order valence-corrected chi connectivity index (χ0v) is 3.55. The molecule has 0 aromatic rings. The normalized spacial score (nSPS) is 46.3. The summed E-state index contributed by atoms with van der Waals surface area (Å²) >= 11 is 0. The molecule has 0 aliphatic heterocycles. The summed E-state index contributed by atoms with van der Waals surface area (Å²) in [6.45, 7) is 2.62. The highest BCUT2D eigenvalue weighted by Crippen LogP contribution is 2.54. The Hall–Kier alpha value is -0.210. The highest BCUT2D eigenvalue weighted by molar-refractivity contribution is 5.14. The van der Waals surface area contributed by atoms with Gasteiger partial charge in [0.1, 0.15) is 0 Å². The Morgan fingerprint density at radius 3 is 1.43 bits per heavy atom. The van der Waals surface area contributed by atoms with E-state index in [-0.39, 0.29) is 0 Å². The molecule has 7 heavy (non-hydrogen) atoms. The molecular weight excluding hydrogens is 105 g/mol. The second kappa shape index (κ2) is 0.812. The van der Waals surface area contributed by atoms with Crippen LogP contribution in [0.1, 0.15) is 6.42 Å². The molecule has 41 valence electrons. The van der Waals surface area contributed by atoms with Crippen molar-refractivity contribution in [3.05, 3.63) is 6.92 Å². The Morgan fingerprint density at radius 2 is 1.43 bits per heavy atom. The van der Waals surface area contributed by atoms with Crippen molar-refractivity contribution in [1.29, 1.82) is 0 Å². The Balaban J connectivity index is 2.59. The van der Waals surface area contributed by atoms with Gasteiger partial charge in [-0.2, -0.15) is 0 Å². The summed E-state index contributed by atoms with van der Waals surface area (Å²) in [4.78, 5) is 0. The summed E-state index contributed by atoms with van der Waals surface area (Å²) in [5, 5.41) is 0. The van der Waals surface area contributed by atoms with E-state index in [0.717, 1.165) is 0 Å². The second-order valence-electron chi connectivity index (χ2n) is 1.85. The van der Waals surface area contributed by atoms with Gasteiger partial charge in [-0.05, 0) is 6.92 Å². The average Bonchev–Trinajstić information content (AvgIpc) is 1.63. The molecule has 1 fully saturated rings. The molecule has 0 saturated heterocycles. The fourth-order valence-corrected chi connectivity index (χ4v) is 0.308. The van der Waals surface area contributed by atoms with Crippen LogP contribution in [0.15, 0.2) is 0 Å². The predicted molar refractivity (Wildman–Crippen MR) is 18.8 cm³/mol. The van der Waals surface area contributed by atoms with E-state index in [9.17, 15) is 13.2 Å². The highest BCUT2D eigenvalue weighted by atomic mass is 19.3. The van der Waals surface area contributed by atoms with Gasteiger partial charge < -0.3 is 0 Å². The highest BCUT2D eigenvalue weighted by Gasteiger charge is 2.69. The zero-order valence-electron chi connectivity index (χ0n) is 3.55. The van der Waals surface area contributed by atoms with Crippen LogP contribution in [0.2, 0.25) is 0 Å². The molecule has 3 heteroatoms. The van der Waals surface area contributed by atoms with Gasteiger partial charge >= 0.3 is 0 Å². The third-order valence-electron chi connectivity index (χ3n) is 1.03. The standard InChI is InChI=1S/C4H4F3/c1-3(5)2-4(3,6)7/h1-2H2. The molecule has 1 aliphatic carbocycles. The minimum atomic E-state index is -3.13. The van der Waals surface area contributed by atoms with E-state index in [4.69, 9.17) is 0 Å². The summed E-state index contributed by atoms with van der Waals surface area (Å²) in [5.41, 5.74) is -2.44. The van der Waals surface area contributed by atoms with Crippen molar-refractivity contribution >= 4 is 0 Å². The van der Waals surface area contributed by atoms with Crippen molar-refractivity contribution in [1.82, 2.24) is 0 Å². The quantitative estimate of drug-likeness (QED) is 0.443. The summed E-state index contributed by atoms with van der Waals surface area (Å²) in [5.74, 6) is -3.13. The Labute approximate surface area is 39.3 Å². The minimum Gasteiger partial charge on any atom is -0.237 e. The van der Waals surface area contributed by atoms with Crippen LogP contribution in [-0.2, 0) is 0 Å². The molecule has 0 aromatic carbocycles. The molecule has 0 heterocycles. The van der Waals surface area contributed by atoms with Crippen molar-refractivity contribution in [2.24, 2.45) is 0 Å². The lowest BCUT2D eigenvalue weighted by Gasteiger charge is -1.91. The van der Waals surface area contributed by atoms with Crippen LogP contribution in [0, 0.1) is 6.92 Å². The minimum absolute atomic E-state index is 0.708. The SMILES string of the molecule is [CH2]C1(F)CC1(F)F. The van der Waals surface area contributed by atoms with E-state index in [1.807, 2.05) is 0 Å². The smallest absolute Gasteiger partial charge is 0.237 e. The number of halogens is 3. The van der Waals surface area contributed by atoms with Crippen LogP contribution >= 0.6 is 0 Å². The van der Waals surface area contributed by atoms with Crippen molar-refractivity contribution in [3.63, 3.8) is 0 Å². The molecule has 0 amide bonds. The Kier molecular flexibility index (Phi) is 0.573. The predicted octanol–water partition coefficient (Wildman–Crippen LogP) is 1.57. The van der Waals surface area contributed by atoms with E-state index in [1.54, 1.807) is 0 Å². The van der Waals surface area contributed by atoms with Crippen LogP contribution in [-0.4, -0.2) is 11.6 Å². The maximum absolute atomic E-state index is 11.7. The summed E-state index contributed by atoms with van der Waals surface area (Å²) < 4.78 is 34.7. The number of alkyl halides is 3. The van der Waals surface area contributed by atoms with Gasteiger partial charge in [0, 0.05) is 0 Å². The molecule has 1 rings (SSSR count).